The number of ether oxygens (including phenoxy) is 2. The van der Waals surface area contributed by atoms with Crippen molar-refractivity contribution in [3.63, 3.8) is 0 Å². The molecule has 0 amide bonds. The predicted molar refractivity (Wildman–Crippen MR) is 70.5 cm³/mol. The molecule has 0 bridgehead atoms. The summed E-state index contributed by atoms with van der Waals surface area (Å²) in [6, 6.07) is 1.84. The minimum atomic E-state index is -0.830. The molecule has 0 heterocycles. The third-order valence-electron chi connectivity index (χ3n) is 3.43. The summed E-state index contributed by atoms with van der Waals surface area (Å²) in [5.41, 5.74) is 0.799. The lowest BCUT2D eigenvalue weighted by Crippen LogP contribution is -2.21. The summed E-state index contributed by atoms with van der Waals surface area (Å²) < 4.78 is 11.4. The number of carboxylic acid groups (broad SMARTS) is 1. The van der Waals surface area contributed by atoms with Gasteiger partial charge in [0.25, 0.3) is 0 Å². The van der Waals surface area contributed by atoms with E-state index in [4.69, 9.17) is 9.47 Å². The van der Waals surface area contributed by atoms with Crippen LogP contribution in [-0.4, -0.2) is 25.3 Å². The topological polar surface area (TPSA) is 55.8 Å². The summed E-state index contributed by atoms with van der Waals surface area (Å²) in [5, 5.41) is 9.44. The largest absolute Gasteiger partial charge is 0.493 e. The van der Waals surface area contributed by atoms with Crippen LogP contribution in [0.4, 0.5) is 0 Å². The van der Waals surface area contributed by atoms with E-state index >= 15 is 0 Å². The molecule has 1 aliphatic rings. The van der Waals surface area contributed by atoms with Gasteiger partial charge in [-0.2, -0.15) is 0 Å². The lowest BCUT2D eigenvalue weighted by Gasteiger charge is -2.20. The number of benzene rings is 1. The fourth-order valence-corrected chi connectivity index (χ4v) is 2.90. The zero-order valence-electron chi connectivity index (χ0n) is 10.5. The van der Waals surface area contributed by atoms with Gasteiger partial charge in [0.2, 0.25) is 0 Å². The quantitative estimate of drug-likeness (QED) is 0.928. The summed E-state index contributed by atoms with van der Waals surface area (Å²) in [7, 11) is 3.08. The molecule has 0 aromatic heterocycles. The Kier molecular flexibility index (Phi) is 3.27. The fourth-order valence-electron chi connectivity index (χ4n) is 2.22. The van der Waals surface area contributed by atoms with Crippen LogP contribution in [-0.2, 0) is 10.2 Å². The zero-order chi connectivity index (χ0) is 13.5. The third-order valence-corrected chi connectivity index (χ3v) is 4.45. The third kappa shape index (κ3) is 1.77. The molecule has 0 spiro atoms. The SMILES string of the molecule is COc1cc(C)c(Br)c(C2(C(=O)O)CC2)c1OC. The van der Waals surface area contributed by atoms with E-state index in [1.165, 1.54) is 7.11 Å². The summed E-state index contributed by atoms with van der Waals surface area (Å²) in [6.07, 6.45) is 1.26. The molecule has 2 rings (SSSR count). The van der Waals surface area contributed by atoms with Gasteiger partial charge in [0.05, 0.1) is 19.6 Å². The summed E-state index contributed by atoms with van der Waals surface area (Å²) in [5.74, 6) is 0.268. The van der Waals surface area contributed by atoms with Crippen molar-refractivity contribution < 1.29 is 19.4 Å². The molecule has 1 N–H and O–H groups in total. The van der Waals surface area contributed by atoms with Crippen LogP contribution in [0.3, 0.4) is 0 Å². The lowest BCUT2D eigenvalue weighted by atomic mass is 9.93. The molecule has 5 heteroatoms. The molecule has 1 aromatic rings. The Labute approximate surface area is 114 Å². The number of halogens is 1. The van der Waals surface area contributed by atoms with Crippen molar-refractivity contribution in [2.75, 3.05) is 14.2 Å². The second-order valence-electron chi connectivity index (χ2n) is 4.51. The first kappa shape index (κ1) is 13.2. The van der Waals surface area contributed by atoms with Crippen LogP contribution in [0.25, 0.3) is 0 Å². The van der Waals surface area contributed by atoms with Crippen LogP contribution in [0.15, 0.2) is 10.5 Å². The number of aryl methyl sites for hydroxylation is 1. The van der Waals surface area contributed by atoms with Crippen molar-refractivity contribution in [2.24, 2.45) is 0 Å². The average Bonchev–Trinajstić information content (AvgIpc) is 3.12. The van der Waals surface area contributed by atoms with Crippen LogP contribution in [0.2, 0.25) is 0 Å². The van der Waals surface area contributed by atoms with Crippen LogP contribution in [0.1, 0.15) is 24.0 Å². The van der Waals surface area contributed by atoms with Crippen LogP contribution in [0, 0.1) is 6.92 Å². The monoisotopic (exact) mass is 314 g/mol. The number of hydrogen-bond donors (Lipinski definition) is 1. The van der Waals surface area contributed by atoms with E-state index in [0.717, 1.165) is 10.0 Å². The smallest absolute Gasteiger partial charge is 0.314 e. The first-order valence-corrected chi connectivity index (χ1v) is 6.42. The molecule has 98 valence electrons. The molecular weight excluding hydrogens is 300 g/mol. The van der Waals surface area contributed by atoms with E-state index in [2.05, 4.69) is 15.9 Å². The van der Waals surface area contributed by atoms with Gasteiger partial charge in [0.15, 0.2) is 11.5 Å². The second-order valence-corrected chi connectivity index (χ2v) is 5.30. The van der Waals surface area contributed by atoms with Crippen molar-refractivity contribution in [1.82, 2.24) is 0 Å². The van der Waals surface area contributed by atoms with E-state index in [1.807, 2.05) is 13.0 Å². The molecule has 1 saturated carbocycles. The van der Waals surface area contributed by atoms with Crippen LogP contribution in [0.5, 0.6) is 11.5 Å². The summed E-state index contributed by atoms with van der Waals surface area (Å²) >= 11 is 3.48. The highest BCUT2D eigenvalue weighted by Crippen LogP contribution is 2.56. The molecule has 1 fully saturated rings. The Bertz CT molecular complexity index is 506. The predicted octanol–water partition coefficient (Wildman–Crippen LogP) is 2.89. The Morgan fingerprint density at radius 2 is 2.00 bits per heavy atom. The molecule has 0 radical (unpaired) electrons. The highest BCUT2D eigenvalue weighted by atomic mass is 79.9. The van der Waals surface area contributed by atoms with Gasteiger partial charge in [-0.1, -0.05) is 15.9 Å². The highest BCUT2D eigenvalue weighted by molar-refractivity contribution is 9.10. The summed E-state index contributed by atoms with van der Waals surface area (Å²) in [6.45, 7) is 1.91. The maximum atomic E-state index is 11.5. The molecule has 0 atom stereocenters. The first-order chi connectivity index (χ1) is 8.47. The van der Waals surface area contributed by atoms with Crippen molar-refractivity contribution >= 4 is 21.9 Å². The minimum Gasteiger partial charge on any atom is -0.493 e. The van der Waals surface area contributed by atoms with Crippen LogP contribution < -0.4 is 9.47 Å². The summed E-state index contributed by atoms with van der Waals surface area (Å²) in [4.78, 5) is 11.5. The first-order valence-electron chi connectivity index (χ1n) is 5.63. The Hall–Kier alpha value is -1.23. The molecular formula is C13H15BrO4. The second kappa shape index (κ2) is 4.46. The number of carbonyl (C=O) groups is 1. The maximum absolute atomic E-state index is 11.5. The van der Waals surface area contributed by atoms with E-state index in [9.17, 15) is 9.90 Å². The zero-order valence-corrected chi connectivity index (χ0v) is 12.1. The molecule has 1 aliphatic carbocycles. The molecule has 0 saturated heterocycles. The van der Waals surface area contributed by atoms with Gasteiger partial charge in [-0.3, -0.25) is 4.79 Å². The number of hydrogen-bond acceptors (Lipinski definition) is 3. The number of methoxy groups -OCH3 is 2. The number of carboxylic acids is 1. The molecule has 0 unspecified atom stereocenters. The Morgan fingerprint density at radius 3 is 2.39 bits per heavy atom. The Balaban J connectivity index is 2.72. The molecule has 4 nitrogen and oxygen atoms in total. The van der Waals surface area contributed by atoms with E-state index in [-0.39, 0.29) is 0 Å². The van der Waals surface area contributed by atoms with Crippen molar-refractivity contribution in [1.29, 1.82) is 0 Å². The van der Waals surface area contributed by atoms with Crippen molar-refractivity contribution in [2.45, 2.75) is 25.2 Å². The van der Waals surface area contributed by atoms with Gasteiger partial charge >= 0.3 is 5.97 Å². The maximum Gasteiger partial charge on any atom is 0.314 e. The number of aliphatic carboxylic acids is 1. The van der Waals surface area contributed by atoms with Gasteiger partial charge < -0.3 is 14.6 Å². The van der Waals surface area contributed by atoms with Gasteiger partial charge in [-0.15, -0.1) is 0 Å². The molecule has 18 heavy (non-hydrogen) atoms. The highest BCUT2D eigenvalue weighted by Gasteiger charge is 2.55. The van der Waals surface area contributed by atoms with Crippen LogP contribution >= 0.6 is 15.9 Å². The standard InChI is InChI=1S/C13H15BrO4/c1-7-6-8(17-2)11(18-3)9(10(7)14)13(4-5-13)12(15)16/h6H,4-5H2,1-3H3,(H,15,16). The lowest BCUT2D eigenvalue weighted by molar-refractivity contribution is -0.140. The van der Waals surface area contributed by atoms with E-state index < -0.39 is 11.4 Å². The minimum absolute atomic E-state index is 0.509. The van der Waals surface area contributed by atoms with Gasteiger partial charge in [0.1, 0.15) is 0 Å². The van der Waals surface area contributed by atoms with E-state index in [0.29, 0.717) is 29.9 Å². The van der Waals surface area contributed by atoms with E-state index in [1.54, 1.807) is 7.11 Å². The molecule has 1 aromatic carbocycles. The number of rotatable bonds is 4. The van der Waals surface area contributed by atoms with Gasteiger partial charge in [-0.05, 0) is 31.4 Å². The normalized spacial score (nSPS) is 16.2. The average molecular weight is 315 g/mol. The van der Waals surface area contributed by atoms with Gasteiger partial charge in [-0.25, -0.2) is 0 Å². The van der Waals surface area contributed by atoms with Crippen molar-refractivity contribution in [3.05, 3.63) is 21.7 Å². The van der Waals surface area contributed by atoms with Crippen molar-refractivity contribution in [3.8, 4) is 11.5 Å². The van der Waals surface area contributed by atoms with Gasteiger partial charge in [0, 0.05) is 10.0 Å². The fraction of sp³-hybridized carbons (Fsp3) is 0.462. The Morgan fingerprint density at radius 1 is 1.39 bits per heavy atom. The molecule has 0 aliphatic heterocycles.